The number of nitrogens with one attached hydrogen (secondary N) is 2. The lowest BCUT2D eigenvalue weighted by Crippen LogP contribution is -2.15. The zero-order valence-electron chi connectivity index (χ0n) is 10.9. The number of H-pyrrole nitrogens is 1. The van der Waals surface area contributed by atoms with Crippen molar-refractivity contribution in [2.75, 3.05) is 5.43 Å². The summed E-state index contributed by atoms with van der Waals surface area (Å²) in [5, 5.41) is 4.06. The number of rotatable bonds is 3. The molecule has 0 amide bonds. The van der Waals surface area contributed by atoms with E-state index in [4.69, 9.17) is 11.6 Å². The van der Waals surface area contributed by atoms with Crippen molar-refractivity contribution in [2.24, 2.45) is 5.10 Å². The summed E-state index contributed by atoms with van der Waals surface area (Å²) >= 11 is 5.85. The van der Waals surface area contributed by atoms with E-state index in [-0.39, 0.29) is 22.1 Å². The molecule has 0 radical (unpaired) electrons. The second-order valence-corrected chi connectivity index (χ2v) is 4.54. The molecule has 20 heavy (non-hydrogen) atoms. The number of hydrogen-bond acceptors (Lipinski definition) is 4. The number of benzene rings is 1. The van der Waals surface area contributed by atoms with Gasteiger partial charge in [0.15, 0.2) is 0 Å². The standard InChI is InChI=1S/C13H12ClFN4O/c1-7-8(2)17-13(18-12(7)20)19-16-6-9-10(14)4-3-5-11(9)15/h3-6H,1-2H3,(H2,17,18,19,20). The number of anilines is 1. The number of halogens is 2. The van der Waals surface area contributed by atoms with E-state index in [0.717, 1.165) is 0 Å². The highest BCUT2D eigenvalue weighted by molar-refractivity contribution is 6.33. The summed E-state index contributed by atoms with van der Waals surface area (Å²) in [7, 11) is 0. The molecule has 0 aliphatic heterocycles. The van der Waals surface area contributed by atoms with Crippen LogP contribution in [0.15, 0.2) is 28.1 Å². The van der Waals surface area contributed by atoms with Crippen molar-refractivity contribution in [3.63, 3.8) is 0 Å². The Morgan fingerprint density at radius 2 is 2.20 bits per heavy atom. The molecular formula is C13H12ClFN4O. The zero-order chi connectivity index (χ0) is 14.7. The van der Waals surface area contributed by atoms with E-state index in [0.29, 0.717) is 11.3 Å². The van der Waals surface area contributed by atoms with Crippen molar-refractivity contribution < 1.29 is 4.39 Å². The van der Waals surface area contributed by atoms with E-state index in [2.05, 4.69) is 20.5 Å². The van der Waals surface area contributed by atoms with Crippen LogP contribution in [-0.2, 0) is 0 Å². The molecule has 2 N–H and O–H groups in total. The highest BCUT2D eigenvalue weighted by Gasteiger charge is 2.04. The topological polar surface area (TPSA) is 70.1 Å². The van der Waals surface area contributed by atoms with Gasteiger partial charge < -0.3 is 0 Å². The van der Waals surface area contributed by atoms with Crippen molar-refractivity contribution in [1.82, 2.24) is 9.97 Å². The van der Waals surface area contributed by atoms with Crippen LogP contribution >= 0.6 is 11.6 Å². The van der Waals surface area contributed by atoms with Crippen molar-refractivity contribution in [2.45, 2.75) is 13.8 Å². The molecule has 0 unspecified atom stereocenters. The quantitative estimate of drug-likeness (QED) is 0.675. The molecular weight excluding hydrogens is 283 g/mol. The van der Waals surface area contributed by atoms with Crippen molar-refractivity contribution in [3.05, 3.63) is 56.2 Å². The van der Waals surface area contributed by atoms with E-state index < -0.39 is 5.82 Å². The first-order valence-electron chi connectivity index (χ1n) is 5.79. The third-order valence-electron chi connectivity index (χ3n) is 2.76. The maximum Gasteiger partial charge on any atom is 0.255 e. The fraction of sp³-hybridized carbons (Fsp3) is 0.154. The Balaban J connectivity index is 2.21. The summed E-state index contributed by atoms with van der Waals surface area (Å²) in [6.45, 7) is 3.39. The van der Waals surface area contributed by atoms with Gasteiger partial charge in [-0.3, -0.25) is 9.78 Å². The minimum absolute atomic E-state index is 0.160. The Bertz CT molecular complexity index is 707. The van der Waals surface area contributed by atoms with Crippen LogP contribution in [0.25, 0.3) is 0 Å². The minimum atomic E-state index is -0.482. The average molecular weight is 295 g/mol. The van der Waals surface area contributed by atoms with Gasteiger partial charge in [-0.05, 0) is 26.0 Å². The van der Waals surface area contributed by atoms with Crippen LogP contribution in [0.2, 0.25) is 5.02 Å². The van der Waals surface area contributed by atoms with Gasteiger partial charge in [0.25, 0.3) is 5.56 Å². The monoisotopic (exact) mass is 294 g/mol. The second-order valence-electron chi connectivity index (χ2n) is 4.13. The number of hydrazone groups is 1. The first-order chi connectivity index (χ1) is 9.49. The SMILES string of the molecule is Cc1nc(NN=Cc2c(F)cccc2Cl)[nH]c(=O)c1C. The molecule has 0 saturated heterocycles. The highest BCUT2D eigenvalue weighted by Crippen LogP contribution is 2.16. The van der Waals surface area contributed by atoms with Crippen LogP contribution in [-0.4, -0.2) is 16.2 Å². The molecule has 5 nitrogen and oxygen atoms in total. The largest absolute Gasteiger partial charge is 0.291 e. The van der Waals surface area contributed by atoms with E-state index in [1.54, 1.807) is 19.9 Å². The number of aromatic nitrogens is 2. The molecule has 0 spiro atoms. The van der Waals surface area contributed by atoms with E-state index in [9.17, 15) is 9.18 Å². The summed E-state index contributed by atoms with van der Waals surface area (Å²) in [4.78, 5) is 18.1. The summed E-state index contributed by atoms with van der Waals surface area (Å²) in [5.74, 6) is -0.300. The average Bonchev–Trinajstić information content (AvgIpc) is 2.39. The van der Waals surface area contributed by atoms with Gasteiger partial charge in [0.2, 0.25) is 5.95 Å². The maximum atomic E-state index is 13.5. The molecule has 2 rings (SSSR count). The Labute approximate surface area is 119 Å². The van der Waals surface area contributed by atoms with Crippen molar-refractivity contribution >= 4 is 23.8 Å². The summed E-state index contributed by atoms with van der Waals surface area (Å²) in [5.41, 5.74) is 3.57. The van der Waals surface area contributed by atoms with Gasteiger partial charge in [-0.1, -0.05) is 17.7 Å². The number of hydrogen-bond donors (Lipinski definition) is 2. The van der Waals surface area contributed by atoms with E-state index >= 15 is 0 Å². The van der Waals surface area contributed by atoms with Gasteiger partial charge in [0.1, 0.15) is 5.82 Å². The summed E-state index contributed by atoms with van der Waals surface area (Å²) in [6.07, 6.45) is 1.23. The predicted octanol–water partition coefficient (Wildman–Crippen LogP) is 2.63. The van der Waals surface area contributed by atoms with Gasteiger partial charge in [-0.15, -0.1) is 0 Å². The van der Waals surface area contributed by atoms with E-state index in [1.165, 1.54) is 18.3 Å². The van der Waals surface area contributed by atoms with Crippen LogP contribution < -0.4 is 11.0 Å². The second kappa shape index (κ2) is 5.83. The van der Waals surface area contributed by atoms with Gasteiger partial charge >= 0.3 is 0 Å². The molecule has 2 aromatic rings. The molecule has 0 aliphatic carbocycles. The molecule has 1 aromatic heterocycles. The molecule has 1 aromatic carbocycles. The van der Waals surface area contributed by atoms with Crippen LogP contribution in [0.1, 0.15) is 16.8 Å². The van der Waals surface area contributed by atoms with Crippen molar-refractivity contribution in [1.29, 1.82) is 0 Å². The van der Waals surface area contributed by atoms with Gasteiger partial charge in [-0.2, -0.15) is 5.10 Å². The van der Waals surface area contributed by atoms with Crippen LogP contribution in [0.4, 0.5) is 10.3 Å². The molecule has 104 valence electrons. The van der Waals surface area contributed by atoms with Crippen LogP contribution in [0.3, 0.4) is 0 Å². The van der Waals surface area contributed by atoms with Gasteiger partial charge in [0.05, 0.1) is 11.2 Å². The third kappa shape index (κ3) is 3.03. The lowest BCUT2D eigenvalue weighted by atomic mass is 10.2. The molecule has 1 heterocycles. The van der Waals surface area contributed by atoms with Crippen LogP contribution in [0.5, 0.6) is 0 Å². The predicted molar refractivity (Wildman–Crippen MR) is 77.0 cm³/mol. The maximum absolute atomic E-state index is 13.5. The van der Waals surface area contributed by atoms with Crippen LogP contribution in [0, 0.1) is 19.7 Å². The number of aryl methyl sites for hydroxylation is 1. The zero-order valence-corrected chi connectivity index (χ0v) is 11.6. The lowest BCUT2D eigenvalue weighted by Gasteiger charge is -2.03. The highest BCUT2D eigenvalue weighted by atomic mass is 35.5. The fourth-order valence-corrected chi connectivity index (χ4v) is 1.70. The Morgan fingerprint density at radius 1 is 1.45 bits per heavy atom. The molecule has 0 bridgehead atoms. The number of nitrogens with zero attached hydrogens (tertiary/aromatic N) is 2. The summed E-state index contributed by atoms with van der Waals surface area (Å²) in [6, 6.07) is 4.34. The fourth-order valence-electron chi connectivity index (χ4n) is 1.49. The Morgan fingerprint density at radius 3 is 2.85 bits per heavy atom. The first-order valence-corrected chi connectivity index (χ1v) is 6.17. The molecule has 0 aliphatic rings. The summed E-state index contributed by atoms with van der Waals surface area (Å²) < 4.78 is 13.5. The Kier molecular flexibility index (Phi) is 4.14. The number of aromatic amines is 1. The lowest BCUT2D eigenvalue weighted by molar-refractivity contribution is 0.626. The third-order valence-corrected chi connectivity index (χ3v) is 3.09. The smallest absolute Gasteiger partial charge is 0.255 e. The molecule has 0 fully saturated rings. The van der Waals surface area contributed by atoms with E-state index in [1.807, 2.05) is 0 Å². The van der Waals surface area contributed by atoms with Gasteiger partial charge in [0, 0.05) is 16.8 Å². The first kappa shape index (κ1) is 14.2. The normalized spacial score (nSPS) is 11.0. The Hall–Kier alpha value is -2.21. The molecule has 7 heteroatoms. The minimum Gasteiger partial charge on any atom is -0.291 e. The molecule has 0 atom stereocenters. The molecule has 0 saturated carbocycles. The van der Waals surface area contributed by atoms with Crippen molar-refractivity contribution in [3.8, 4) is 0 Å². The van der Waals surface area contributed by atoms with Gasteiger partial charge in [-0.25, -0.2) is 14.8 Å².